The molecule has 3 nitrogen and oxygen atoms in total. The van der Waals surface area contributed by atoms with Gasteiger partial charge in [0.1, 0.15) is 5.82 Å². The molecule has 0 unspecified atom stereocenters. The van der Waals surface area contributed by atoms with Crippen LogP contribution in [0.15, 0.2) is 40.9 Å². The van der Waals surface area contributed by atoms with Gasteiger partial charge in [-0.25, -0.2) is 4.98 Å². The number of benzene rings is 2. The van der Waals surface area contributed by atoms with E-state index >= 15 is 0 Å². The average molecular weight is 344 g/mol. The molecule has 0 amide bonds. The summed E-state index contributed by atoms with van der Waals surface area (Å²) in [5, 5.41) is 0. The Morgan fingerprint density at radius 2 is 1.76 bits per heavy atom. The lowest BCUT2D eigenvalue weighted by atomic mass is 10.1. The van der Waals surface area contributed by atoms with Gasteiger partial charge in [-0.1, -0.05) is 28.1 Å². The smallest absolute Gasteiger partial charge is 0.123 e. The molecule has 0 radical (unpaired) electrons. The van der Waals surface area contributed by atoms with Crippen LogP contribution in [-0.4, -0.2) is 9.55 Å². The van der Waals surface area contributed by atoms with Crippen LogP contribution in [0.25, 0.3) is 11.0 Å². The quantitative estimate of drug-likeness (QED) is 0.783. The first-order chi connectivity index (χ1) is 10.1. The standard InChI is InChI=1S/C17H18BrN3/c1-11-7-15-16(8-12(11)2)21(17(9-19)20-15)10-13-3-5-14(18)6-4-13/h3-8H,9-10,19H2,1-2H3. The summed E-state index contributed by atoms with van der Waals surface area (Å²) in [6.07, 6.45) is 0. The topological polar surface area (TPSA) is 43.8 Å². The third-order valence-corrected chi connectivity index (χ3v) is 4.41. The SMILES string of the molecule is Cc1cc2nc(CN)n(Cc3ccc(Br)cc3)c2cc1C. The second kappa shape index (κ2) is 5.62. The van der Waals surface area contributed by atoms with Crippen molar-refractivity contribution in [3.8, 4) is 0 Å². The van der Waals surface area contributed by atoms with Gasteiger partial charge in [-0.05, 0) is 54.8 Å². The summed E-state index contributed by atoms with van der Waals surface area (Å²) in [4.78, 5) is 4.68. The third kappa shape index (κ3) is 2.74. The summed E-state index contributed by atoms with van der Waals surface area (Å²) >= 11 is 3.47. The van der Waals surface area contributed by atoms with Gasteiger partial charge in [0, 0.05) is 11.0 Å². The molecule has 3 aromatic rings. The number of hydrogen-bond acceptors (Lipinski definition) is 2. The lowest BCUT2D eigenvalue weighted by molar-refractivity contribution is 0.743. The van der Waals surface area contributed by atoms with Crippen molar-refractivity contribution in [2.75, 3.05) is 0 Å². The van der Waals surface area contributed by atoms with Gasteiger partial charge in [-0.2, -0.15) is 0 Å². The Bertz CT molecular complexity index is 788. The van der Waals surface area contributed by atoms with Crippen molar-refractivity contribution >= 4 is 27.0 Å². The Labute approximate surface area is 132 Å². The molecule has 1 aromatic heterocycles. The molecular formula is C17H18BrN3. The maximum Gasteiger partial charge on any atom is 0.123 e. The predicted molar refractivity (Wildman–Crippen MR) is 90.3 cm³/mol. The maximum absolute atomic E-state index is 5.88. The van der Waals surface area contributed by atoms with Crippen molar-refractivity contribution < 1.29 is 0 Å². The number of nitrogens with zero attached hydrogens (tertiary/aromatic N) is 2. The average Bonchev–Trinajstić information content (AvgIpc) is 2.79. The molecule has 3 rings (SSSR count). The molecule has 21 heavy (non-hydrogen) atoms. The second-order valence-electron chi connectivity index (χ2n) is 5.37. The zero-order valence-electron chi connectivity index (χ0n) is 12.2. The van der Waals surface area contributed by atoms with Gasteiger partial charge >= 0.3 is 0 Å². The van der Waals surface area contributed by atoms with Gasteiger partial charge in [0.25, 0.3) is 0 Å². The molecule has 108 valence electrons. The van der Waals surface area contributed by atoms with Gasteiger partial charge < -0.3 is 10.3 Å². The molecule has 0 aliphatic rings. The van der Waals surface area contributed by atoms with Crippen molar-refractivity contribution in [1.29, 1.82) is 0 Å². The van der Waals surface area contributed by atoms with E-state index < -0.39 is 0 Å². The van der Waals surface area contributed by atoms with Crippen LogP contribution < -0.4 is 5.73 Å². The van der Waals surface area contributed by atoms with E-state index in [9.17, 15) is 0 Å². The fourth-order valence-corrected chi connectivity index (χ4v) is 2.80. The molecule has 0 bridgehead atoms. The van der Waals surface area contributed by atoms with Crippen molar-refractivity contribution in [3.05, 3.63) is 63.4 Å². The Balaban J connectivity index is 2.11. The molecule has 0 atom stereocenters. The van der Waals surface area contributed by atoms with E-state index in [1.807, 2.05) is 0 Å². The molecule has 0 saturated heterocycles. The first-order valence-corrected chi connectivity index (χ1v) is 7.78. The summed E-state index contributed by atoms with van der Waals surface area (Å²) in [7, 11) is 0. The van der Waals surface area contributed by atoms with Crippen molar-refractivity contribution in [3.63, 3.8) is 0 Å². The number of aryl methyl sites for hydroxylation is 2. The van der Waals surface area contributed by atoms with E-state index in [2.05, 4.69) is 75.7 Å². The van der Waals surface area contributed by atoms with Crippen LogP contribution in [0.4, 0.5) is 0 Å². The molecule has 0 spiro atoms. The highest BCUT2D eigenvalue weighted by molar-refractivity contribution is 9.10. The number of imidazole rings is 1. The monoisotopic (exact) mass is 343 g/mol. The number of aromatic nitrogens is 2. The first-order valence-electron chi connectivity index (χ1n) is 6.99. The van der Waals surface area contributed by atoms with Gasteiger partial charge in [-0.15, -0.1) is 0 Å². The van der Waals surface area contributed by atoms with E-state index in [0.29, 0.717) is 6.54 Å². The summed E-state index contributed by atoms with van der Waals surface area (Å²) in [6.45, 7) is 5.49. The van der Waals surface area contributed by atoms with Gasteiger partial charge in [0.15, 0.2) is 0 Å². The fourth-order valence-electron chi connectivity index (χ4n) is 2.53. The molecule has 2 aromatic carbocycles. The van der Waals surface area contributed by atoms with Gasteiger partial charge in [0.05, 0.1) is 17.6 Å². The second-order valence-corrected chi connectivity index (χ2v) is 6.29. The fraction of sp³-hybridized carbons (Fsp3) is 0.235. The van der Waals surface area contributed by atoms with Crippen LogP contribution in [0, 0.1) is 13.8 Å². The number of nitrogens with two attached hydrogens (primary N) is 1. The number of fused-ring (bicyclic) bond motifs is 1. The highest BCUT2D eigenvalue weighted by atomic mass is 79.9. The highest BCUT2D eigenvalue weighted by Gasteiger charge is 2.11. The summed E-state index contributed by atoms with van der Waals surface area (Å²) in [5.74, 6) is 0.929. The van der Waals surface area contributed by atoms with Gasteiger partial charge in [0.2, 0.25) is 0 Å². The van der Waals surface area contributed by atoms with E-state index in [0.717, 1.165) is 27.9 Å². The Kier molecular flexibility index (Phi) is 3.83. The lowest BCUT2D eigenvalue weighted by Gasteiger charge is -2.09. The summed E-state index contributed by atoms with van der Waals surface area (Å²) < 4.78 is 3.30. The van der Waals surface area contributed by atoms with Crippen LogP contribution in [0.5, 0.6) is 0 Å². The Morgan fingerprint density at radius 1 is 1.10 bits per heavy atom. The first kappa shape index (κ1) is 14.3. The van der Waals surface area contributed by atoms with Crippen LogP contribution in [-0.2, 0) is 13.1 Å². The van der Waals surface area contributed by atoms with E-state index in [4.69, 9.17) is 5.73 Å². The Hall–Kier alpha value is -1.65. The van der Waals surface area contributed by atoms with E-state index in [1.165, 1.54) is 16.7 Å². The minimum Gasteiger partial charge on any atom is -0.324 e. The molecule has 0 fully saturated rings. The van der Waals surface area contributed by atoms with Gasteiger partial charge in [-0.3, -0.25) is 0 Å². The van der Waals surface area contributed by atoms with Crippen LogP contribution >= 0.6 is 15.9 Å². The summed E-state index contributed by atoms with van der Waals surface area (Å²) in [6, 6.07) is 12.7. The summed E-state index contributed by atoms with van der Waals surface area (Å²) in [5.41, 5.74) is 11.8. The molecule has 2 N–H and O–H groups in total. The highest BCUT2D eigenvalue weighted by Crippen LogP contribution is 2.22. The molecule has 1 heterocycles. The van der Waals surface area contributed by atoms with Crippen LogP contribution in [0.2, 0.25) is 0 Å². The Morgan fingerprint density at radius 3 is 2.43 bits per heavy atom. The predicted octanol–water partition coefficient (Wildman–Crippen LogP) is 3.92. The van der Waals surface area contributed by atoms with Crippen molar-refractivity contribution in [1.82, 2.24) is 9.55 Å². The maximum atomic E-state index is 5.88. The number of hydrogen-bond donors (Lipinski definition) is 1. The number of halogens is 1. The van der Waals surface area contributed by atoms with E-state index in [1.54, 1.807) is 0 Å². The molecule has 0 aliphatic carbocycles. The van der Waals surface area contributed by atoms with Crippen LogP contribution in [0.3, 0.4) is 0 Å². The zero-order chi connectivity index (χ0) is 15.0. The molecule has 4 heteroatoms. The molecular weight excluding hydrogens is 326 g/mol. The minimum absolute atomic E-state index is 0.448. The number of rotatable bonds is 3. The minimum atomic E-state index is 0.448. The largest absolute Gasteiger partial charge is 0.324 e. The zero-order valence-corrected chi connectivity index (χ0v) is 13.8. The molecule has 0 aliphatic heterocycles. The lowest BCUT2D eigenvalue weighted by Crippen LogP contribution is -2.09. The van der Waals surface area contributed by atoms with Crippen molar-refractivity contribution in [2.45, 2.75) is 26.9 Å². The third-order valence-electron chi connectivity index (χ3n) is 3.88. The van der Waals surface area contributed by atoms with Crippen LogP contribution in [0.1, 0.15) is 22.5 Å². The molecule has 0 saturated carbocycles. The normalized spacial score (nSPS) is 11.2. The van der Waals surface area contributed by atoms with Crippen molar-refractivity contribution in [2.24, 2.45) is 5.73 Å². The van der Waals surface area contributed by atoms with E-state index in [-0.39, 0.29) is 0 Å².